The number of amides is 2. The fourth-order valence-corrected chi connectivity index (χ4v) is 1.64. The number of hydrogen-bond acceptors (Lipinski definition) is 2. The smallest absolute Gasteiger partial charge is 0.315 e. The highest BCUT2D eigenvalue weighted by Crippen LogP contribution is 2.29. The van der Waals surface area contributed by atoms with Gasteiger partial charge in [0.05, 0.1) is 6.10 Å². The summed E-state index contributed by atoms with van der Waals surface area (Å²) < 4.78 is 5.04. The van der Waals surface area contributed by atoms with Gasteiger partial charge in [0.15, 0.2) is 0 Å². The van der Waals surface area contributed by atoms with Crippen LogP contribution >= 0.6 is 0 Å². The van der Waals surface area contributed by atoms with Gasteiger partial charge in [-0.05, 0) is 32.6 Å². The Morgan fingerprint density at radius 3 is 2.60 bits per heavy atom. The molecule has 0 unspecified atom stereocenters. The topological polar surface area (TPSA) is 50.4 Å². The quantitative estimate of drug-likeness (QED) is 0.729. The third-order valence-electron chi connectivity index (χ3n) is 3.17. The molecule has 0 aliphatic heterocycles. The minimum atomic E-state index is -0.0849. The Morgan fingerprint density at radius 2 is 2.13 bits per heavy atom. The molecule has 2 atom stereocenters. The minimum absolute atomic E-state index is 0.0646. The fraction of sp³-hybridized carbons (Fsp3) is 0.909. The van der Waals surface area contributed by atoms with Crippen molar-refractivity contribution in [1.82, 2.24) is 10.6 Å². The monoisotopic (exact) mass is 214 g/mol. The summed E-state index contributed by atoms with van der Waals surface area (Å²) in [6.45, 7) is 4.55. The van der Waals surface area contributed by atoms with Gasteiger partial charge in [-0.15, -0.1) is 0 Å². The zero-order chi connectivity index (χ0) is 11.3. The van der Waals surface area contributed by atoms with E-state index in [4.69, 9.17) is 4.74 Å². The van der Waals surface area contributed by atoms with Crippen LogP contribution in [0, 0.1) is 5.92 Å². The van der Waals surface area contributed by atoms with E-state index in [1.807, 2.05) is 6.92 Å². The largest absolute Gasteiger partial charge is 0.380 e. The van der Waals surface area contributed by atoms with Gasteiger partial charge in [0.1, 0.15) is 0 Å². The van der Waals surface area contributed by atoms with Gasteiger partial charge in [0, 0.05) is 19.7 Å². The second-order valence-corrected chi connectivity index (χ2v) is 4.38. The average molecular weight is 214 g/mol. The van der Waals surface area contributed by atoms with Gasteiger partial charge in [0.25, 0.3) is 0 Å². The van der Waals surface area contributed by atoms with Gasteiger partial charge in [-0.3, -0.25) is 0 Å². The summed E-state index contributed by atoms with van der Waals surface area (Å²) in [4.78, 5) is 11.4. The molecule has 0 radical (unpaired) electrons. The van der Waals surface area contributed by atoms with Gasteiger partial charge in [0.2, 0.25) is 0 Å². The lowest BCUT2D eigenvalue weighted by molar-refractivity contribution is 0.118. The summed E-state index contributed by atoms with van der Waals surface area (Å²) in [5, 5.41) is 5.75. The van der Waals surface area contributed by atoms with Gasteiger partial charge < -0.3 is 15.4 Å². The molecule has 1 aliphatic carbocycles. The molecule has 0 aromatic carbocycles. The molecule has 1 saturated carbocycles. The van der Waals surface area contributed by atoms with Crippen LogP contribution < -0.4 is 10.6 Å². The van der Waals surface area contributed by atoms with Crippen LogP contribution in [-0.2, 0) is 4.74 Å². The van der Waals surface area contributed by atoms with E-state index in [1.165, 1.54) is 19.3 Å². The van der Waals surface area contributed by atoms with Crippen LogP contribution in [0.4, 0.5) is 4.79 Å². The van der Waals surface area contributed by atoms with Crippen LogP contribution in [0.25, 0.3) is 0 Å². The third kappa shape index (κ3) is 4.08. The Hall–Kier alpha value is -0.770. The van der Waals surface area contributed by atoms with Crippen molar-refractivity contribution in [1.29, 1.82) is 0 Å². The van der Waals surface area contributed by atoms with Crippen LogP contribution in [0.5, 0.6) is 0 Å². The van der Waals surface area contributed by atoms with E-state index in [2.05, 4.69) is 17.6 Å². The van der Waals surface area contributed by atoms with Gasteiger partial charge in [-0.2, -0.15) is 0 Å². The van der Waals surface area contributed by atoms with Crippen molar-refractivity contribution in [3.05, 3.63) is 0 Å². The van der Waals surface area contributed by atoms with E-state index < -0.39 is 0 Å². The summed E-state index contributed by atoms with van der Waals surface area (Å²) in [6.07, 6.45) is 3.86. The first kappa shape index (κ1) is 12.3. The number of methoxy groups -OCH3 is 1. The fourth-order valence-electron chi connectivity index (χ4n) is 1.64. The zero-order valence-electron chi connectivity index (χ0n) is 9.88. The van der Waals surface area contributed by atoms with Crippen molar-refractivity contribution in [2.45, 2.75) is 45.3 Å². The molecular weight excluding hydrogens is 192 g/mol. The standard InChI is InChI=1S/C11H22N2O2/c1-8(15-3)7-12-11(14)13-9(2)10-5-4-6-10/h8-10H,4-7H2,1-3H3,(H2,12,13,14)/t8-,9+/m1/s1. The molecule has 0 aromatic rings. The van der Waals surface area contributed by atoms with Crippen LogP contribution in [0.2, 0.25) is 0 Å². The van der Waals surface area contributed by atoms with Gasteiger partial charge >= 0.3 is 6.03 Å². The first-order chi connectivity index (χ1) is 7.13. The van der Waals surface area contributed by atoms with Crippen LogP contribution in [0.15, 0.2) is 0 Å². The predicted octanol–water partition coefficient (Wildman–Crippen LogP) is 1.51. The molecule has 0 bridgehead atoms. The second-order valence-electron chi connectivity index (χ2n) is 4.38. The van der Waals surface area contributed by atoms with Crippen molar-refractivity contribution < 1.29 is 9.53 Å². The van der Waals surface area contributed by atoms with Gasteiger partial charge in [-0.1, -0.05) is 6.42 Å². The molecule has 0 heterocycles. The highest BCUT2D eigenvalue weighted by atomic mass is 16.5. The van der Waals surface area contributed by atoms with E-state index >= 15 is 0 Å². The summed E-state index contributed by atoms with van der Waals surface area (Å²) in [5.41, 5.74) is 0. The number of hydrogen-bond donors (Lipinski definition) is 2. The Labute approximate surface area is 91.8 Å². The molecule has 0 aromatic heterocycles. The average Bonchev–Trinajstić information content (AvgIpc) is 2.11. The number of rotatable bonds is 5. The van der Waals surface area contributed by atoms with Gasteiger partial charge in [-0.25, -0.2) is 4.79 Å². The normalized spacial score (nSPS) is 20.2. The maximum atomic E-state index is 11.4. The first-order valence-electron chi connectivity index (χ1n) is 5.70. The zero-order valence-corrected chi connectivity index (χ0v) is 9.88. The van der Waals surface area contributed by atoms with Crippen molar-refractivity contribution in [2.75, 3.05) is 13.7 Å². The van der Waals surface area contributed by atoms with Crippen molar-refractivity contribution in [3.8, 4) is 0 Å². The number of urea groups is 1. The molecule has 0 saturated heterocycles. The maximum absolute atomic E-state index is 11.4. The Balaban J connectivity index is 2.11. The molecule has 4 heteroatoms. The maximum Gasteiger partial charge on any atom is 0.315 e. The SMILES string of the molecule is CO[C@H](C)CNC(=O)N[C@@H](C)C1CCC1. The highest BCUT2D eigenvalue weighted by Gasteiger charge is 2.24. The van der Waals surface area contributed by atoms with E-state index in [0.717, 1.165) is 0 Å². The lowest BCUT2D eigenvalue weighted by atomic mass is 9.80. The minimum Gasteiger partial charge on any atom is -0.380 e. The number of ether oxygens (including phenoxy) is 1. The summed E-state index contributed by atoms with van der Waals surface area (Å²) in [6, 6.07) is 0.204. The van der Waals surface area contributed by atoms with E-state index in [1.54, 1.807) is 7.11 Å². The third-order valence-corrected chi connectivity index (χ3v) is 3.17. The highest BCUT2D eigenvalue weighted by molar-refractivity contribution is 5.74. The molecule has 4 nitrogen and oxygen atoms in total. The summed E-state index contributed by atoms with van der Waals surface area (Å²) in [5.74, 6) is 0.676. The summed E-state index contributed by atoms with van der Waals surface area (Å²) in [7, 11) is 1.64. The molecule has 1 aliphatic rings. The molecule has 1 rings (SSSR count). The lowest BCUT2D eigenvalue weighted by Gasteiger charge is -2.31. The Kier molecular flexibility index (Phi) is 4.88. The van der Waals surface area contributed by atoms with E-state index in [9.17, 15) is 4.79 Å². The molecule has 1 fully saturated rings. The van der Waals surface area contributed by atoms with Crippen molar-refractivity contribution >= 4 is 6.03 Å². The van der Waals surface area contributed by atoms with E-state index in [-0.39, 0.29) is 18.2 Å². The molecule has 0 spiro atoms. The van der Waals surface area contributed by atoms with Crippen LogP contribution in [0.3, 0.4) is 0 Å². The predicted molar refractivity (Wildman–Crippen MR) is 59.8 cm³/mol. The molecule has 2 amide bonds. The lowest BCUT2D eigenvalue weighted by Crippen LogP contribution is -2.47. The number of carbonyl (C=O) groups is 1. The molecule has 15 heavy (non-hydrogen) atoms. The number of carbonyl (C=O) groups excluding carboxylic acids is 1. The number of nitrogens with one attached hydrogen (secondary N) is 2. The Bertz CT molecular complexity index is 205. The van der Waals surface area contributed by atoms with Crippen molar-refractivity contribution in [2.24, 2.45) is 5.92 Å². The van der Waals surface area contributed by atoms with Crippen molar-refractivity contribution in [3.63, 3.8) is 0 Å². The Morgan fingerprint density at radius 1 is 1.47 bits per heavy atom. The first-order valence-corrected chi connectivity index (χ1v) is 5.70. The van der Waals surface area contributed by atoms with E-state index in [0.29, 0.717) is 12.5 Å². The van der Waals surface area contributed by atoms with Crippen LogP contribution in [-0.4, -0.2) is 31.8 Å². The van der Waals surface area contributed by atoms with Crippen LogP contribution in [0.1, 0.15) is 33.1 Å². The summed E-state index contributed by atoms with van der Waals surface area (Å²) >= 11 is 0. The molecule has 2 N–H and O–H groups in total. The second kappa shape index (κ2) is 5.95. The molecule has 88 valence electrons. The molecular formula is C11H22N2O2.